The van der Waals surface area contributed by atoms with Crippen molar-refractivity contribution in [2.75, 3.05) is 0 Å². The first-order valence-corrected chi connectivity index (χ1v) is 7.99. The Morgan fingerprint density at radius 2 is 1.82 bits per heavy atom. The van der Waals surface area contributed by atoms with Gasteiger partial charge in [0.15, 0.2) is 0 Å². The second-order valence-electron chi connectivity index (χ2n) is 5.50. The average molecular weight is 353 g/mol. The number of hydrogen-bond acceptors (Lipinski definition) is 2. The molecule has 0 spiro atoms. The largest absolute Gasteiger partial charge is 0.426 e. The van der Waals surface area contributed by atoms with Gasteiger partial charge in [-0.1, -0.05) is 58.4 Å². The average Bonchev–Trinajstić information content (AvgIpc) is 2.54. The van der Waals surface area contributed by atoms with E-state index < -0.39 is 0 Å². The maximum Gasteiger partial charge on any atom is 0.319 e. The fraction of sp³-hybridized carbons (Fsp3) is 0.105. The third-order valence-electron chi connectivity index (χ3n) is 4.16. The Morgan fingerprint density at radius 3 is 2.64 bits per heavy atom. The molecule has 1 aliphatic heterocycles. The van der Waals surface area contributed by atoms with Crippen LogP contribution in [-0.4, -0.2) is 5.97 Å². The Kier molecular flexibility index (Phi) is 3.23. The summed E-state index contributed by atoms with van der Waals surface area (Å²) in [7, 11) is 0. The van der Waals surface area contributed by atoms with Gasteiger partial charge >= 0.3 is 5.97 Å². The summed E-state index contributed by atoms with van der Waals surface area (Å²) in [6, 6.07) is 19.9. The second-order valence-corrected chi connectivity index (χ2v) is 6.41. The zero-order valence-electron chi connectivity index (χ0n) is 11.8. The molecule has 0 saturated carbocycles. The molecule has 0 bridgehead atoms. The first-order valence-electron chi connectivity index (χ1n) is 7.20. The number of hydrogen-bond donors (Lipinski definition) is 0. The summed E-state index contributed by atoms with van der Waals surface area (Å²) in [5.74, 6) is 0.283. The van der Waals surface area contributed by atoms with Crippen LogP contribution in [0.2, 0.25) is 0 Å². The highest BCUT2D eigenvalue weighted by atomic mass is 79.9. The molecular formula is C19H13BrO2. The van der Waals surface area contributed by atoms with E-state index in [1.807, 2.05) is 48.5 Å². The summed E-state index contributed by atoms with van der Waals surface area (Å²) in [6.07, 6.45) is 0.678. The molecule has 4 rings (SSSR count). The number of rotatable bonds is 1. The smallest absolute Gasteiger partial charge is 0.319 e. The number of ether oxygens (including phenoxy) is 1. The van der Waals surface area contributed by atoms with Crippen molar-refractivity contribution < 1.29 is 9.53 Å². The van der Waals surface area contributed by atoms with E-state index in [0.717, 1.165) is 26.4 Å². The highest BCUT2D eigenvalue weighted by Gasteiger charge is 2.30. The zero-order chi connectivity index (χ0) is 15.1. The molecule has 3 aromatic carbocycles. The van der Waals surface area contributed by atoms with Crippen LogP contribution in [0.5, 0.6) is 5.75 Å². The van der Waals surface area contributed by atoms with Gasteiger partial charge in [0.05, 0.1) is 5.92 Å². The van der Waals surface area contributed by atoms with Gasteiger partial charge in [-0.15, -0.1) is 0 Å². The lowest BCUT2D eigenvalue weighted by Gasteiger charge is -2.25. The molecule has 0 saturated heterocycles. The maximum absolute atomic E-state index is 12.3. The molecule has 0 unspecified atom stereocenters. The van der Waals surface area contributed by atoms with Crippen LogP contribution in [0.3, 0.4) is 0 Å². The van der Waals surface area contributed by atoms with Gasteiger partial charge in [-0.25, -0.2) is 0 Å². The topological polar surface area (TPSA) is 26.3 Å². The van der Waals surface area contributed by atoms with Crippen LogP contribution in [-0.2, 0) is 11.2 Å². The van der Waals surface area contributed by atoms with Crippen LogP contribution in [0.15, 0.2) is 65.1 Å². The predicted molar refractivity (Wildman–Crippen MR) is 90.2 cm³/mol. The minimum atomic E-state index is -0.233. The number of halogens is 1. The van der Waals surface area contributed by atoms with E-state index in [1.54, 1.807) is 0 Å². The summed E-state index contributed by atoms with van der Waals surface area (Å²) in [5, 5.41) is 2.30. The normalized spacial score (nSPS) is 17.1. The van der Waals surface area contributed by atoms with Crippen molar-refractivity contribution in [2.45, 2.75) is 12.3 Å². The van der Waals surface area contributed by atoms with Gasteiger partial charge < -0.3 is 4.74 Å². The molecule has 2 nitrogen and oxygen atoms in total. The molecule has 0 N–H and O–H groups in total. The van der Waals surface area contributed by atoms with E-state index in [-0.39, 0.29) is 11.9 Å². The molecule has 108 valence electrons. The minimum Gasteiger partial charge on any atom is -0.426 e. The highest BCUT2D eigenvalue weighted by Crippen LogP contribution is 2.38. The van der Waals surface area contributed by atoms with Crippen molar-refractivity contribution in [3.63, 3.8) is 0 Å². The number of esters is 1. The first kappa shape index (κ1) is 13.5. The molecule has 3 aromatic rings. The van der Waals surface area contributed by atoms with Crippen molar-refractivity contribution in [3.8, 4) is 5.75 Å². The molecule has 1 aliphatic rings. The fourth-order valence-electron chi connectivity index (χ4n) is 3.06. The van der Waals surface area contributed by atoms with Gasteiger partial charge in [0, 0.05) is 10.0 Å². The summed E-state index contributed by atoms with van der Waals surface area (Å²) in [5.41, 5.74) is 2.12. The summed E-state index contributed by atoms with van der Waals surface area (Å²) in [4.78, 5) is 12.3. The number of carbonyl (C=O) groups excluding carboxylic acids is 1. The van der Waals surface area contributed by atoms with Crippen molar-refractivity contribution in [2.24, 2.45) is 0 Å². The third-order valence-corrected chi connectivity index (χ3v) is 4.65. The van der Waals surface area contributed by atoms with Crippen LogP contribution in [0.1, 0.15) is 17.0 Å². The molecule has 3 heteroatoms. The minimum absolute atomic E-state index is 0.171. The van der Waals surface area contributed by atoms with Crippen molar-refractivity contribution in [1.29, 1.82) is 0 Å². The van der Waals surface area contributed by atoms with Crippen LogP contribution < -0.4 is 4.74 Å². The van der Waals surface area contributed by atoms with Gasteiger partial charge in [0.2, 0.25) is 0 Å². The molecule has 0 radical (unpaired) electrons. The van der Waals surface area contributed by atoms with Crippen molar-refractivity contribution >= 4 is 32.7 Å². The Labute approximate surface area is 136 Å². The summed E-state index contributed by atoms with van der Waals surface area (Å²) in [6.45, 7) is 0. The number of fused-ring (bicyclic) bond motifs is 3. The van der Waals surface area contributed by atoms with Gasteiger partial charge in [-0.05, 0) is 41.0 Å². The molecule has 0 amide bonds. The number of benzene rings is 3. The van der Waals surface area contributed by atoms with E-state index in [0.29, 0.717) is 12.2 Å². The lowest BCUT2D eigenvalue weighted by Crippen LogP contribution is -2.26. The van der Waals surface area contributed by atoms with E-state index in [9.17, 15) is 4.79 Å². The molecule has 1 heterocycles. The standard InChI is InChI=1S/C19H13BrO2/c20-14-7-8-15-13(10-14)6-9-18-17(15)11-16(19(21)22-18)12-4-2-1-3-5-12/h1-10,16H,11H2/t16-/m0/s1. The van der Waals surface area contributed by atoms with E-state index in [4.69, 9.17) is 4.74 Å². The number of carbonyl (C=O) groups is 1. The van der Waals surface area contributed by atoms with Crippen LogP contribution >= 0.6 is 15.9 Å². The first-order chi connectivity index (χ1) is 10.7. The van der Waals surface area contributed by atoms with Crippen LogP contribution in [0.4, 0.5) is 0 Å². The molecule has 0 aliphatic carbocycles. The van der Waals surface area contributed by atoms with Gasteiger partial charge in [0.1, 0.15) is 5.75 Å². The van der Waals surface area contributed by atoms with Crippen molar-refractivity contribution in [1.82, 2.24) is 0 Å². The lowest BCUT2D eigenvalue weighted by atomic mass is 9.87. The highest BCUT2D eigenvalue weighted by molar-refractivity contribution is 9.10. The quantitative estimate of drug-likeness (QED) is 0.462. The van der Waals surface area contributed by atoms with E-state index in [1.165, 1.54) is 0 Å². The predicted octanol–water partition coefficient (Wildman–Crippen LogP) is 4.85. The molecule has 0 aromatic heterocycles. The van der Waals surface area contributed by atoms with E-state index >= 15 is 0 Å². The monoisotopic (exact) mass is 352 g/mol. The fourth-order valence-corrected chi connectivity index (χ4v) is 3.44. The third kappa shape index (κ3) is 2.22. The molecule has 1 atom stereocenters. The Morgan fingerprint density at radius 1 is 1.00 bits per heavy atom. The molecule has 22 heavy (non-hydrogen) atoms. The zero-order valence-corrected chi connectivity index (χ0v) is 13.3. The SMILES string of the molecule is O=C1Oc2ccc3cc(Br)ccc3c2C[C@H]1c1ccccc1. The molecular weight excluding hydrogens is 340 g/mol. The van der Waals surface area contributed by atoms with Gasteiger partial charge in [0.25, 0.3) is 0 Å². The Hall–Kier alpha value is -2.13. The van der Waals surface area contributed by atoms with Crippen LogP contribution in [0, 0.1) is 0 Å². The summed E-state index contributed by atoms with van der Waals surface area (Å²) >= 11 is 3.50. The van der Waals surface area contributed by atoms with Gasteiger partial charge in [-0.2, -0.15) is 0 Å². The Bertz CT molecular complexity index is 871. The molecule has 0 fully saturated rings. The Balaban J connectivity index is 1.85. The second kappa shape index (κ2) is 5.25. The maximum atomic E-state index is 12.3. The summed E-state index contributed by atoms with van der Waals surface area (Å²) < 4.78 is 6.64. The lowest BCUT2D eigenvalue weighted by molar-refractivity contribution is -0.137. The van der Waals surface area contributed by atoms with Crippen LogP contribution in [0.25, 0.3) is 10.8 Å². The van der Waals surface area contributed by atoms with E-state index in [2.05, 4.69) is 28.1 Å². The van der Waals surface area contributed by atoms with Crippen molar-refractivity contribution in [3.05, 3.63) is 76.3 Å². The van der Waals surface area contributed by atoms with Gasteiger partial charge in [-0.3, -0.25) is 4.79 Å².